The number of Topliss-reactive ketones (excluding diaryl/α,β-unsaturated/α-hetero) is 1. The molecule has 0 unspecified atom stereocenters. The summed E-state index contributed by atoms with van der Waals surface area (Å²) < 4.78 is 12.1. The fourth-order valence-corrected chi connectivity index (χ4v) is 6.13. The molecule has 6 rings (SSSR count). The zero-order valence-electron chi connectivity index (χ0n) is 18.0. The molecule has 1 saturated heterocycles. The maximum absolute atomic E-state index is 13.3. The van der Waals surface area contributed by atoms with Gasteiger partial charge in [0.25, 0.3) is 5.78 Å². The monoisotopic (exact) mass is 490 g/mol. The summed E-state index contributed by atoms with van der Waals surface area (Å²) in [6.45, 7) is 2.83. The lowest BCUT2D eigenvalue weighted by atomic mass is 9.99. The van der Waals surface area contributed by atoms with Crippen molar-refractivity contribution in [3.8, 4) is 11.5 Å². The summed E-state index contributed by atoms with van der Waals surface area (Å²) in [6, 6.07) is 13.8. The van der Waals surface area contributed by atoms with Crippen LogP contribution in [0.3, 0.4) is 0 Å². The molecular weight excluding hydrogens is 472 g/mol. The summed E-state index contributed by atoms with van der Waals surface area (Å²) in [5, 5.41) is 13.6. The zero-order valence-corrected chi connectivity index (χ0v) is 19.6. The molecule has 7 nitrogen and oxygen atoms in total. The fourth-order valence-electron chi connectivity index (χ4n) is 4.21. The van der Waals surface area contributed by atoms with Gasteiger partial charge in [0, 0.05) is 10.4 Å². The van der Waals surface area contributed by atoms with Crippen LogP contribution in [0.4, 0.5) is 5.13 Å². The van der Waals surface area contributed by atoms with Gasteiger partial charge in [-0.05, 0) is 54.3 Å². The minimum Gasteiger partial charge on any atom is -0.507 e. The number of thiazole rings is 1. The first-order chi connectivity index (χ1) is 16.5. The Morgan fingerprint density at radius 3 is 2.71 bits per heavy atom. The highest BCUT2D eigenvalue weighted by molar-refractivity contribution is 7.22. The summed E-state index contributed by atoms with van der Waals surface area (Å²) in [5.74, 6) is -0.663. The van der Waals surface area contributed by atoms with Crippen molar-refractivity contribution < 1.29 is 24.2 Å². The van der Waals surface area contributed by atoms with Gasteiger partial charge >= 0.3 is 5.91 Å². The molecule has 4 heterocycles. The Balaban J connectivity index is 1.52. The molecule has 1 fully saturated rings. The molecule has 0 saturated carbocycles. The second-order valence-electron chi connectivity index (χ2n) is 8.01. The molecule has 2 aromatic heterocycles. The average molecular weight is 491 g/mol. The molecular formula is C25H18N2O5S2. The Morgan fingerprint density at radius 1 is 1.09 bits per heavy atom. The molecule has 0 bridgehead atoms. The molecule has 1 atom stereocenters. The van der Waals surface area contributed by atoms with E-state index in [4.69, 9.17) is 9.47 Å². The van der Waals surface area contributed by atoms with Gasteiger partial charge in [-0.1, -0.05) is 23.5 Å². The van der Waals surface area contributed by atoms with Crippen LogP contribution in [0.5, 0.6) is 11.5 Å². The number of aliphatic hydroxyl groups excluding tert-OH is 1. The van der Waals surface area contributed by atoms with Crippen molar-refractivity contribution in [2.24, 2.45) is 0 Å². The van der Waals surface area contributed by atoms with Gasteiger partial charge < -0.3 is 14.6 Å². The standard InChI is InChI=1S/C25H18N2O5S2/c1-13-4-6-15-19(11-13)34-25(26-15)27-21(18-3-2-10-33-18)20(23(29)24(27)30)22(28)14-5-7-16-17(12-14)32-9-8-31-16/h2-7,10-12,21,28H,8-9H2,1H3/b22-20+/t21-/m0/s1. The number of aliphatic hydroxyl groups is 1. The average Bonchev–Trinajstić information content (AvgIpc) is 3.57. The molecule has 2 aliphatic heterocycles. The predicted molar refractivity (Wildman–Crippen MR) is 131 cm³/mol. The number of anilines is 1. The van der Waals surface area contributed by atoms with E-state index in [1.807, 2.05) is 42.6 Å². The van der Waals surface area contributed by atoms with Gasteiger partial charge in [-0.15, -0.1) is 11.3 Å². The number of thiophene rings is 1. The molecule has 0 aliphatic carbocycles. The topological polar surface area (TPSA) is 89.0 Å². The summed E-state index contributed by atoms with van der Waals surface area (Å²) in [6.07, 6.45) is 0. The number of benzene rings is 2. The maximum atomic E-state index is 13.3. The number of fused-ring (bicyclic) bond motifs is 2. The lowest BCUT2D eigenvalue weighted by molar-refractivity contribution is -0.132. The Kier molecular flexibility index (Phi) is 4.89. The Hall–Kier alpha value is -3.69. The van der Waals surface area contributed by atoms with Crippen LogP contribution in [0.1, 0.15) is 22.0 Å². The summed E-state index contributed by atoms with van der Waals surface area (Å²) in [4.78, 5) is 33.4. The number of rotatable bonds is 3. The molecule has 170 valence electrons. The van der Waals surface area contributed by atoms with Crippen molar-refractivity contribution in [2.45, 2.75) is 13.0 Å². The number of hydrogen-bond acceptors (Lipinski definition) is 8. The molecule has 9 heteroatoms. The first kappa shape index (κ1) is 20.9. The molecule has 2 aliphatic rings. The quantitative estimate of drug-likeness (QED) is 0.245. The third-order valence-corrected chi connectivity index (χ3v) is 7.75. The minimum absolute atomic E-state index is 0.0274. The number of carbonyl (C=O) groups excluding carboxylic acids is 2. The van der Waals surface area contributed by atoms with Crippen LogP contribution in [0.25, 0.3) is 16.0 Å². The summed E-state index contributed by atoms with van der Waals surface area (Å²) >= 11 is 2.76. The van der Waals surface area contributed by atoms with E-state index in [9.17, 15) is 14.7 Å². The highest BCUT2D eigenvalue weighted by atomic mass is 32.1. The third-order valence-electron chi connectivity index (χ3n) is 5.81. The molecule has 1 amide bonds. The first-order valence-electron chi connectivity index (χ1n) is 10.6. The minimum atomic E-state index is -0.783. The van der Waals surface area contributed by atoms with Crippen molar-refractivity contribution >= 4 is 55.5 Å². The molecule has 4 aromatic rings. The number of carbonyl (C=O) groups is 2. The van der Waals surface area contributed by atoms with Crippen LogP contribution in [-0.2, 0) is 9.59 Å². The maximum Gasteiger partial charge on any atom is 0.301 e. The predicted octanol–water partition coefficient (Wildman–Crippen LogP) is 5.06. The lowest BCUT2D eigenvalue weighted by Gasteiger charge is -2.22. The Bertz CT molecular complexity index is 1490. The van der Waals surface area contributed by atoms with Gasteiger partial charge in [0.15, 0.2) is 16.6 Å². The normalized spacial score (nSPS) is 19.2. The van der Waals surface area contributed by atoms with E-state index in [-0.39, 0.29) is 11.3 Å². The number of aryl methyl sites for hydroxylation is 1. The SMILES string of the molecule is Cc1ccc2nc(N3C(=O)C(=O)/C(=C(/O)c4ccc5c(c4)OCCO5)[C@@H]3c3cccs3)sc2c1. The zero-order chi connectivity index (χ0) is 23.4. The van der Waals surface area contributed by atoms with Crippen molar-refractivity contribution in [3.05, 3.63) is 75.5 Å². The van der Waals surface area contributed by atoms with E-state index < -0.39 is 17.7 Å². The smallest absolute Gasteiger partial charge is 0.301 e. The Labute approximate surface area is 202 Å². The van der Waals surface area contributed by atoms with E-state index in [0.717, 1.165) is 20.7 Å². The van der Waals surface area contributed by atoms with Crippen LogP contribution in [-0.4, -0.2) is 35.0 Å². The molecule has 2 aromatic carbocycles. The van der Waals surface area contributed by atoms with Gasteiger partial charge in [-0.2, -0.15) is 0 Å². The van der Waals surface area contributed by atoms with Crippen LogP contribution in [0.2, 0.25) is 0 Å². The van der Waals surface area contributed by atoms with Gasteiger partial charge in [0.2, 0.25) is 0 Å². The van der Waals surface area contributed by atoms with E-state index in [1.165, 1.54) is 27.6 Å². The number of ether oxygens (including phenoxy) is 2. The van der Waals surface area contributed by atoms with E-state index in [1.54, 1.807) is 18.2 Å². The number of hydrogen-bond donors (Lipinski definition) is 1. The molecule has 34 heavy (non-hydrogen) atoms. The number of ketones is 1. The van der Waals surface area contributed by atoms with Gasteiger partial charge in [0.1, 0.15) is 25.0 Å². The molecule has 0 radical (unpaired) electrons. The summed E-state index contributed by atoms with van der Waals surface area (Å²) in [7, 11) is 0. The second kappa shape index (κ2) is 7.96. The van der Waals surface area contributed by atoms with Crippen molar-refractivity contribution in [2.75, 3.05) is 18.1 Å². The van der Waals surface area contributed by atoms with E-state index in [0.29, 0.717) is 35.4 Å². The van der Waals surface area contributed by atoms with Crippen molar-refractivity contribution in [1.29, 1.82) is 0 Å². The van der Waals surface area contributed by atoms with E-state index >= 15 is 0 Å². The third kappa shape index (κ3) is 3.27. The van der Waals surface area contributed by atoms with Crippen molar-refractivity contribution in [3.63, 3.8) is 0 Å². The summed E-state index contributed by atoms with van der Waals surface area (Å²) in [5.41, 5.74) is 2.24. The number of amides is 1. The highest BCUT2D eigenvalue weighted by Crippen LogP contribution is 2.46. The van der Waals surface area contributed by atoms with Gasteiger partial charge in [0.05, 0.1) is 15.8 Å². The van der Waals surface area contributed by atoms with Crippen LogP contribution in [0, 0.1) is 6.92 Å². The van der Waals surface area contributed by atoms with Crippen LogP contribution in [0.15, 0.2) is 59.5 Å². The first-order valence-corrected chi connectivity index (χ1v) is 12.3. The van der Waals surface area contributed by atoms with Crippen LogP contribution < -0.4 is 14.4 Å². The lowest BCUT2D eigenvalue weighted by Crippen LogP contribution is -2.28. The van der Waals surface area contributed by atoms with Crippen LogP contribution >= 0.6 is 22.7 Å². The fraction of sp³-hybridized carbons (Fsp3) is 0.160. The highest BCUT2D eigenvalue weighted by Gasteiger charge is 2.48. The van der Waals surface area contributed by atoms with Crippen molar-refractivity contribution in [1.82, 2.24) is 4.98 Å². The van der Waals surface area contributed by atoms with E-state index in [2.05, 4.69) is 4.98 Å². The molecule has 0 spiro atoms. The Morgan fingerprint density at radius 2 is 1.91 bits per heavy atom. The number of nitrogens with zero attached hydrogens (tertiary/aromatic N) is 2. The van der Waals surface area contributed by atoms with Gasteiger partial charge in [-0.3, -0.25) is 14.5 Å². The van der Waals surface area contributed by atoms with Gasteiger partial charge in [-0.25, -0.2) is 4.98 Å². The number of aromatic nitrogens is 1. The second-order valence-corrected chi connectivity index (χ2v) is 10.00. The largest absolute Gasteiger partial charge is 0.507 e. The molecule has 1 N–H and O–H groups in total.